The van der Waals surface area contributed by atoms with Crippen molar-refractivity contribution in [2.45, 2.75) is 6.92 Å². The molecular weight excluding hydrogens is 260 g/mol. The number of carbonyl (C=O) groups is 1. The van der Waals surface area contributed by atoms with Crippen LogP contribution in [0.5, 0.6) is 0 Å². The summed E-state index contributed by atoms with van der Waals surface area (Å²) in [6.07, 6.45) is 0. The molecule has 0 radical (unpaired) electrons. The molecule has 0 bridgehead atoms. The highest BCUT2D eigenvalue weighted by molar-refractivity contribution is 6.06. The smallest absolute Gasteiger partial charge is 0.258 e. The van der Waals surface area contributed by atoms with Crippen molar-refractivity contribution in [1.29, 1.82) is 0 Å². The Morgan fingerprint density at radius 1 is 1.10 bits per heavy atom. The third kappa shape index (κ3) is 3.71. The summed E-state index contributed by atoms with van der Waals surface area (Å²) >= 11 is 0. The Hall–Kier alpha value is -2.57. The van der Waals surface area contributed by atoms with E-state index in [0.29, 0.717) is 18.7 Å². The van der Waals surface area contributed by atoms with Gasteiger partial charge in [0.2, 0.25) is 0 Å². The summed E-state index contributed by atoms with van der Waals surface area (Å²) in [5.41, 5.74) is 7.75. The maximum absolute atomic E-state index is 12.6. The molecule has 2 N–H and O–H groups in total. The van der Waals surface area contributed by atoms with E-state index in [1.807, 2.05) is 49.4 Å². The van der Waals surface area contributed by atoms with Crippen molar-refractivity contribution in [3.8, 4) is 11.8 Å². The number of anilines is 1. The molecule has 0 aliphatic rings. The average Bonchev–Trinajstić information content (AvgIpc) is 2.55. The molecule has 0 spiro atoms. The van der Waals surface area contributed by atoms with Gasteiger partial charge in [-0.25, -0.2) is 0 Å². The number of amides is 1. The Bertz CT molecular complexity index is 651. The number of rotatable bonds is 3. The van der Waals surface area contributed by atoms with Crippen LogP contribution in [0.2, 0.25) is 0 Å². The Labute approximate surface area is 125 Å². The largest absolute Gasteiger partial charge is 0.320 e. The van der Waals surface area contributed by atoms with Gasteiger partial charge in [0.1, 0.15) is 0 Å². The van der Waals surface area contributed by atoms with Crippen LogP contribution in [0.4, 0.5) is 5.69 Å². The molecule has 2 rings (SSSR count). The van der Waals surface area contributed by atoms with Crippen LogP contribution in [0.25, 0.3) is 0 Å². The lowest BCUT2D eigenvalue weighted by Gasteiger charge is -2.21. The average molecular weight is 278 g/mol. The molecule has 2 aromatic carbocycles. The van der Waals surface area contributed by atoms with E-state index in [4.69, 9.17) is 5.73 Å². The molecule has 21 heavy (non-hydrogen) atoms. The van der Waals surface area contributed by atoms with E-state index in [2.05, 4.69) is 11.8 Å². The lowest BCUT2D eigenvalue weighted by atomic mass is 10.1. The zero-order valence-electron chi connectivity index (χ0n) is 12.0. The molecule has 0 fully saturated rings. The minimum absolute atomic E-state index is 0.0120. The van der Waals surface area contributed by atoms with E-state index in [9.17, 15) is 4.79 Å². The Kier molecular flexibility index (Phi) is 5.14. The van der Waals surface area contributed by atoms with E-state index in [1.54, 1.807) is 17.0 Å². The summed E-state index contributed by atoms with van der Waals surface area (Å²) in [4.78, 5) is 14.3. The van der Waals surface area contributed by atoms with Crippen molar-refractivity contribution < 1.29 is 4.79 Å². The maximum Gasteiger partial charge on any atom is 0.258 e. The van der Waals surface area contributed by atoms with Crippen LogP contribution in [-0.4, -0.2) is 19.0 Å². The molecule has 3 heteroatoms. The van der Waals surface area contributed by atoms with Gasteiger partial charge in [-0.3, -0.25) is 4.79 Å². The zero-order chi connectivity index (χ0) is 15.1. The molecule has 0 aliphatic carbocycles. The first-order chi connectivity index (χ1) is 10.3. The van der Waals surface area contributed by atoms with E-state index in [1.165, 1.54) is 0 Å². The minimum atomic E-state index is -0.0120. The van der Waals surface area contributed by atoms with Crippen molar-refractivity contribution in [3.05, 3.63) is 65.7 Å². The summed E-state index contributed by atoms with van der Waals surface area (Å²) in [6, 6.07) is 16.9. The second-order valence-corrected chi connectivity index (χ2v) is 4.47. The third-order valence-electron chi connectivity index (χ3n) is 3.10. The Balaban J connectivity index is 2.22. The summed E-state index contributed by atoms with van der Waals surface area (Å²) in [6.45, 7) is 2.92. The number of hydrogen-bond acceptors (Lipinski definition) is 2. The minimum Gasteiger partial charge on any atom is -0.320 e. The molecule has 0 heterocycles. The first-order valence-corrected chi connectivity index (χ1v) is 6.92. The molecule has 0 saturated heterocycles. The van der Waals surface area contributed by atoms with Gasteiger partial charge in [0.15, 0.2) is 0 Å². The van der Waals surface area contributed by atoms with Gasteiger partial charge in [0, 0.05) is 23.4 Å². The highest BCUT2D eigenvalue weighted by Gasteiger charge is 2.15. The summed E-state index contributed by atoms with van der Waals surface area (Å²) < 4.78 is 0. The first kappa shape index (κ1) is 14.8. The van der Waals surface area contributed by atoms with Gasteiger partial charge in [0.05, 0.1) is 6.54 Å². The number of nitrogens with zero attached hydrogens (tertiary/aromatic N) is 1. The molecule has 1 amide bonds. The van der Waals surface area contributed by atoms with Crippen LogP contribution < -0.4 is 10.6 Å². The van der Waals surface area contributed by atoms with Gasteiger partial charge in [-0.05, 0) is 43.3 Å². The molecule has 3 nitrogen and oxygen atoms in total. The number of nitrogens with two attached hydrogens (primary N) is 1. The Morgan fingerprint density at radius 3 is 2.33 bits per heavy atom. The standard InChI is InChI=1S/C18H18N2O/c1-2-20(17-8-4-3-5-9-17)18(21)16-12-10-15(11-13-16)7-6-14-19/h3-5,8-13H,2,14,19H2,1H3. The molecule has 0 unspecified atom stereocenters. The zero-order valence-corrected chi connectivity index (χ0v) is 12.0. The molecule has 0 saturated carbocycles. The van der Waals surface area contributed by atoms with E-state index >= 15 is 0 Å². The summed E-state index contributed by atoms with van der Waals surface area (Å²) in [5.74, 6) is 5.73. The fourth-order valence-electron chi connectivity index (χ4n) is 2.06. The van der Waals surface area contributed by atoms with Crippen LogP contribution in [0.3, 0.4) is 0 Å². The van der Waals surface area contributed by atoms with E-state index in [0.717, 1.165) is 11.3 Å². The second kappa shape index (κ2) is 7.28. The Morgan fingerprint density at radius 2 is 1.76 bits per heavy atom. The van der Waals surface area contributed by atoms with Crippen LogP contribution in [0, 0.1) is 11.8 Å². The van der Waals surface area contributed by atoms with Crippen LogP contribution in [-0.2, 0) is 0 Å². The van der Waals surface area contributed by atoms with Crippen LogP contribution >= 0.6 is 0 Å². The van der Waals surface area contributed by atoms with Crippen molar-refractivity contribution in [1.82, 2.24) is 0 Å². The highest BCUT2D eigenvalue weighted by atomic mass is 16.2. The SMILES string of the molecule is CCN(C(=O)c1ccc(C#CCN)cc1)c1ccccc1. The van der Waals surface area contributed by atoms with Crippen LogP contribution in [0.15, 0.2) is 54.6 Å². The fourth-order valence-corrected chi connectivity index (χ4v) is 2.06. The second-order valence-electron chi connectivity index (χ2n) is 4.47. The molecular formula is C18H18N2O. The summed E-state index contributed by atoms with van der Waals surface area (Å²) in [5, 5.41) is 0. The van der Waals surface area contributed by atoms with Gasteiger partial charge >= 0.3 is 0 Å². The van der Waals surface area contributed by atoms with Crippen molar-refractivity contribution >= 4 is 11.6 Å². The van der Waals surface area contributed by atoms with Crippen LogP contribution in [0.1, 0.15) is 22.8 Å². The normalized spacial score (nSPS) is 9.62. The number of benzene rings is 2. The molecule has 106 valence electrons. The highest BCUT2D eigenvalue weighted by Crippen LogP contribution is 2.16. The fraction of sp³-hybridized carbons (Fsp3) is 0.167. The van der Waals surface area contributed by atoms with Gasteiger partial charge in [-0.2, -0.15) is 0 Å². The first-order valence-electron chi connectivity index (χ1n) is 6.92. The summed E-state index contributed by atoms with van der Waals surface area (Å²) in [7, 11) is 0. The maximum atomic E-state index is 12.6. The predicted molar refractivity (Wildman–Crippen MR) is 86.2 cm³/mol. The monoisotopic (exact) mass is 278 g/mol. The van der Waals surface area contributed by atoms with E-state index in [-0.39, 0.29) is 5.91 Å². The van der Waals surface area contributed by atoms with Crippen molar-refractivity contribution in [3.63, 3.8) is 0 Å². The number of carbonyl (C=O) groups excluding carboxylic acids is 1. The van der Waals surface area contributed by atoms with Gasteiger partial charge in [0.25, 0.3) is 5.91 Å². The predicted octanol–water partition coefficient (Wildman–Crippen LogP) is 2.66. The van der Waals surface area contributed by atoms with Gasteiger partial charge in [-0.15, -0.1) is 0 Å². The lowest BCUT2D eigenvalue weighted by Crippen LogP contribution is -2.30. The molecule has 2 aromatic rings. The lowest BCUT2D eigenvalue weighted by molar-refractivity contribution is 0.0988. The molecule has 0 atom stereocenters. The van der Waals surface area contributed by atoms with Crippen molar-refractivity contribution in [2.24, 2.45) is 5.73 Å². The van der Waals surface area contributed by atoms with Gasteiger partial charge in [-0.1, -0.05) is 30.0 Å². The van der Waals surface area contributed by atoms with Gasteiger partial charge < -0.3 is 10.6 Å². The molecule has 0 aliphatic heterocycles. The topological polar surface area (TPSA) is 46.3 Å². The number of hydrogen-bond donors (Lipinski definition) is 1. The van der Waals surface area contributed by atoms with Crippen molar-refractivity contribution in [2.75, 3.05) is 18.0 Å². The third-order valence-corrected chi connectivity index (χ3v) is 3.10. The molecule has 0 aromatic heterocycles. The number of para-hydroxylation sites is 1. The van der Waals surface area contributed by atoms with E-state index < -0.39 is 0 Å². The quantitative estimate of drug-likeness (QED) is 0.877.